The summed E-state index contributed by atoms with van der Waals surface area (Å²) in [7, 11) is 0. The number of ether oxygens (including phenoxy) is 1. The number of amides is 1. The monoisotopic (exact) mass is 394 g/mol. The standard InChI is InChI=1S/C18H19ClN2O4S/c1-18(2,3)17(24)21-9-11-6-7-14(26-11)13(22)10-25-16(23)12-5-4-8-20-15(12)19/h4-8H,9-10H2,1-3H3,(H,21,24). The van der Waals surface area contributed by atoms with Crippen LogP contribution in [0, 0.1) is 5.41 Å². The van der Waals surface area contributed by atoms with Crippen molar-refractivity contribution >= 4 is 40.6 Å². The number of esters is 1. The second kappa shape index (κ2) is 8.42. The van der Waals surface area contributed by atoms with Crippen molar-refractivity contribution in [3.8, 4) is 0 Å². The summed E-state index contributed by atoms with van der Waals surface area (Å²) in [6.45, 7) is 5.44. The fourth-order valence-electron chi connectivity index (χ4n) is 1.87. The third-order valence-corrected chi connectivity index (χ3v) is 4.78. The molecule has 6 nitrogen and oxygen atoms in total. The summed E-state index contributed by atoms with van der Waals surface area (Å²) in [4.78, 5) is 41.1. The van der Waals surface area contributed by atoms with E-state index < -0.39 is 18.0 Å². The van der Waals surface area contributed by atoms with Crippen LogP contribution < -0.4 is 5.32 Å². The van der Waals surface area contributed by atoms with Crippen LogP contribution in [0.1, 0.15) is 45.7 Å². The Bertz CT molecular complexity index is 827. The van der Waals surface area contributed by atoms with E-state index in [-0.39, 0.29) is 22.4 Å². The first-order valence-electron chi connectivity index (χ1n) is 7.86. The predicted molar refractivity (Wildman–Crippen MR) is 99.5 cm³/mol. The van der Waals surface area contributed by atoms with Crippen LogP contribution in [0.4, 0.5) is 0 Å². The highest BCUT2D eigenvalue weighted by Gasteiger charge is 2.21. The van der Waals surface area contributed by atoms with Gasteiger partial charge >= 0.3 is 5.97 Å². The molecule has 0 fully saturated rings. The molecule has 0 aliphatic rings. The molecule has 26 heavy (non-hydrogen) atoms. The lowest BCUT2D eigenvalue weighted by atomic mass is 9.96. The van der Waals surface area contributed by atoms with E-state index in [1.165, 1.54) is 23.6 Å². The molecule has 8 heteroatoms. The minimum atomic E-state index is -0.703. The number of carbonyl (C=O) groups is 3. The average Bonchev–Trinajstić information content (AvgIpc) is 3.05. The van der Waals surface area contributed by atoms with E-state index in [1.807, 2.05) is 20.8 Å². The SMILES string of the molecule is CC(C)(C)C(=O)NCc1ccc(C(=O)COC(=O)c2cccnc2Cl)s1. The molecule has 0 aromatic carbocycles. The summed E-state index contributed by atoms with van der Waals surface area (Å²) in [6, 6.07) is 6.45. The molecule has 0 spiro atoms. The highest BCUT2D eigenvalue weighted by Crippen LogP contribution is 2.19. The Hall–Kier alpha value is -2.25. The van der Waals surface area contributed by atoms with E-state index in [0.29, 0.717) is 11.4 Å². The fraction of sp³-hybridized carbons (Fsp3) is 0.333. The molecule has 0 unspecified atom stereocenters. The molecule has 2 aromatic rings. The fourth-order valence-corrected chi connectivity index (χ4v) is 2.94. The van der Waals surface area contributed by atoms with Gasteiger partial charge in [-0.05, 0) is 24.3 Å². The van der Waals surface area contributed by atoms with E-state index >= 15 is 0 Å². The van der Waals surface area contributed by atoms with Crippen molar-refractivity contribution in [1.29, 1.82) is 0 Å². The summed E-state index contributed by atoms with van der Waals surface area (Å²) in [5.41, 5.74) is -0.365. The Morgan fingerprint density at radius 3 is 2.62 bits per heavy atom. The Kier molecular flexibility index (Phi) is 6.50. The molecule has 2 rings (SSSR count). The molecule has 0 bridgehead atoms. The van der Waals surface area contributed by atoms with E-state index in [2.05, 4.69) is 10.3 Å². The highest BCUT2D eigenvalue weighted by molar-refractivity contribution is 7.14. The largest absolute Gasteiger partial charge is 0.454 e. The smallest absolute Gasteiger partial charge is 0.341 e. The van der Waals surface area contributed by atoms with Crippen molar-refractivity contribution < 1.29 is 19.1 Å². The Balaban J connectivity index is 1.89. The molecular formula is C18H19ClN2O4S. The Morgan fingerprint density at radius 1 is 1.23 bits per heavy atom. The van der Waals surface area contributed by atoms with Gasteiger partial charge in [0.15, 0.2) is 6.61 Å². The third kappa shape index (κ3) is 5.37. The normalized spacial score (nSPS) is 11.1. The van der Waals surface area contributed by atoms with E-state index in [9.17, 15) is 14.4 Å². The van der Waals surface area contributed by atoms with Crippen LogP contribution in [0.3, 0.4) is 0 Å². The zero-order valence-corrected chi connectivity index (χ0v) is 16.2. The molecule has 0 aliphatic heterocycles. The van der Waals surface area contributed by atoms with E-state index in [0.717, 1.165) is 4.88 Å². The molecule has 0 saturated carbocycles. The van der Waals surface area contributed by atoms with Crippen molar-refractivity contribution in [3.05, 3.63) is 50.9 Å². The summed E-state index contributed by atoms with van der Waals surface area (Å²) >= 11 is 7.07. The third-order valence-electron chi connectivity index (χ3n) is 3.35. The van der Waals surface area contributed by atoms with Crippen LogP contribution in [0.2, 0.25) is 5.15 Å². The lowest BCUT2D eigenvalue weighted by Crippen LogP contribution is -2.34. The number of thiophene rings is 1. The quantitative estimate of drug-likeness (QED) is 0.460. The Labute approximate surface area is 160 Å². The maximum absolute atomic E-state index is 12.2. The Morgan fingerprint density at radius 2 is 1.96 bits per heavy atom. The van der Waals surface area contributed by atoms with Gasteiger partial charge in [-0.25, -0.2) is 9.78 Å². The summed E-state index contributed by atoms with van der Waals surface area (Å²) < 4.78 is 5.00. The highest BCUT2D eigenvalue weighted by atomic mass is 35.5. The summed E-state index contributed by atoms with van der Waals surface area (Å²) in [6.07, 6.45) is 1.45. The number of hydrogen-bond acceptors (Lipinski definition) is 6. The topological polar surface area (TPSA) is 85.4 Å². The predicted octanol–water partition coefficient (Wildman–Crippen LogP) is 3.50. The van der Waals surface area contributed by atoms with E-state index in [4.69, 9.17) is 16.3 Å². The zero-order valence-electron chi connectivity index (χ0n) is 14.7. The summed E-state index contributed by atoms with van der Waals surface area (Å²) in [5, 5.41) is 2.85. The number of ketones is 1. The second-order valence-electron chi connectivity index (χ2n) is 6.54. The molecule has 138 valence electrons. The first-order valence-corrected chi connectivity index (χ1v) is 9.06. The van der Waals surface area contributed by atoms with Gasteiger partial charge in [0.2, 0.25) is 11.7 Å². The van der Waals surface area contributed by atoms with Gasteiger partial charge in [0.05, 0.1) is 17.0 Å². The minimum absolute atomic E-state index is 0.0259. The number of pyridine rings is 1. The number of rotatable bonds is 6. The van der Waals surface area contributed by atoms with Crippen LogP contribution in [-0.4, -0.2) is 29.3 Å². The molecule has 0 atom stereocenters. The van der Waals surface area contributed by atoms with Crippen molar-refractivity contribution in [3.63, 3.8) is 0 Å². The maximum atomic E-state index is 12.2. The number of nitrogens with one attached hydrogen (secondary N) is 1. The number of nitrogens with zero attached hydrogens (tertiary/aromatic N) is 1. The molecule has 0 saturated heterocycles. The van der Waals surface area contributed by atoms with Crippen LogP contribution in [0.5, 0.6) is 0 Å². The van der Waals surface area contributed by atoms with Crippen LogP contribution in [0.15, 0.2) is 30.5 Å². The lowest BCUT2D eigenvalue weighted by Gasteiger charge is -2.17. The van der Waals surface area contributed by atoms with Gasteiger partial charge in [-0.1, -0.05) is 32.4 Å². The van der Waals surface area contributed by atoms with Crippen molar-refractivity contribution in [2.45, 2.75) is 27.3 Å². The number of halogens is 1. The summed E-state index contributed by atoms with van der Waals surface area (Å²) in [5.74, 6) is -1.09. The molecule has 2 aromatic heterocycles. The van der Waals surface area contributed by atoms with Gasteiger partial charge in [-0.15, -0.1) is 11.3 Å². The van der Waals surface area contributed by atoms with Gasteiger partial charge in [-0.2, -0.15) is 0 Å². The van der Waals surface area contributed by atoms with Crippen molar-refractivity contribution in [2.75, 3.05) is 6.61 Å². The molecule has 1 amide bonds. The van der Waals surface area contributed by atoms with E-state index in [1.54, 1.807) is 18.2 Å². The van der Waals surface area contributed by atoms with Crippen LogP contribution in [0.25, 0.3) is 0 Å². The molecule has 1 N–H and O–H groups in total. The first kappa shape index (κ1) is 20.1. The van der Waals surface area contributed by atoms with Gasteiger partial charge in [-0.3, -0.25) is 9.59 Å². The maximum Gasteiger partial charge on any atom is 0.341 e. The average molecular weight is 395 g/mol. The number of carbonyl (C=O) groups excluding carboxylic acids is 3. The molecule has 0 aliphatic carbocycles. The van der Waals surface area contributed by atoms with Crippen LogP contribution in [-0.2, 0) is 16.1 Å². The van der Waals surface area contributed by atoms with Crippen molar-refractivity contribution in [2.24, 2.45) is 5.41 Å². The van der Waals surface area contributed by atoms with Crippen LogP contribution >= 0.6 is 22.9 Å². The zero-order chi connectivity index (χ0) is 19.3. The molecule has 2 heterocycles. The van der Waals surface area contributed by atoms with Gasteiger partial charge in [0.25, 0.3) is 0 Å². The first-order chi connectivity index (χ1) is 12.2. The van der Waals surface area contributed by atoms with Crippen molar-refractivity contribution in [1.82, 2.24) is 10.3 Å². The number of aromatic nitrogens is 1. The lowest BCUT2D eigenvalue weighted by molar-refractivity contribution is -0.128. The van der Waals surface area contributed by atoms with Gasteiger partial charge in [0.1, 0.15) is 5.15 Å². The second-order valence-corrected chi connectivity index (χ2v) is 8.07. The minimum Gasteiger partial charge on any atom is -0.454 e. The number of hydrogen-bond donors (Lipinski definition) is 1. The van der Waals surface area contributed by atoms with Gasteiger partial charge < -0.3 is 10.1 Å². The molecule has 0 radical (unpaired) electrons. The van der Waals surface area contributed by atoms with Gasteiger partial charge in [0, 0.05) is 16.5 Å². The number of Topliss-reactive ketones (excluding diaryl/α,β-unsaturated/α-hetero) is 1. The molecular weight excluding hydrogens is 376 g/mol.